The van der Waals surface area contributed by atoms with E-state index in [0.717, 1.165) is 10.0 Å². The number of hydrogen-bond acceptors (Lipinski definition) is 2. The second-order valence-electron chi connectivity index (χ2n) is 4.24. The third kappa shape index (κ3) is 3.64. The van der Waals surface area contributed by atoms with Gasteiger partial charge < -0.3 is 5.11 Å². The molecule has 0 spiro atoms. The van der Waals surface area contributed by atoms with Crippen molar-refractivity contribution in [3.05, 3.63) is 62.5 Å². The van der Waals surface area contributed by atoms with Crippen LogP contribution >= 0.6 is 31.9 Å². The lowest BCUT2D eigenvalue weighted by Crippen LogP contribution is -2.17. The number of benzene rings is 1. The largest absolute Gasteiger partial charge is 0.481 e. The number of hydrogen-bond donors (Lipinski definition) is 1. The Hall–Kier alpha value is -1.27. The summed E-state index contributed by atoms with van der Waals surface area (Å²) in [5.41, 5.74) is 0.758. The van der Waals surface area contributed by atoms with Gasteiger partial charge in [-0.25, -0.2) is 4.39 Å². The highest BCUT2D eigenvalue weighted by Crippen LogP contribution is 2.24. The number of rotatable bonds is 4. The SMILES string of the molecule is O=C(O)C(Cc1ccc(Br)cc1)c1ncc(Br)cc1F. The number of carboxylic acids is 1. The van der Waals surface area contributed by atoms with Crippen LogP contribution in [0.25, 0.3) is 0 Å². The van der Waals surface area contributed by atoms with Crippen LogP contribution in [0.5, 0.6) is 0 Å². The molecule has 0 aliphatic rings. The number of carboxylic acid groups (broad SMARTS) is 1. The predicted octanol–water partition coefficient (Wildman–Crippen LogP) is 4.16. The number of nitrogens with zero attached hydrogens (tertiary/aromatic N) is 1. The van der Waals surface area contributed by atoms with Crippen molar-refractivity contribution in [1.29, 1.82) is 0 Å². The number of pyridine rings is 1. The van der Waals surface area contributed by atoms with E-state index in [1.165, 1.54) is 12.3 Å². The second-order valence-corrected chi connectivity index (χ2v) is 6.07. The Bertz CT molecular complexity index is 632. The third-order valence-electron chi connectivity index (χ3n) is 2.82. The van der Waals surface area contributed by atoms with E-state index in [4.69, 9.17) is 0 Å². The van der Waals surface area contributed by atoms with Crippen LogP contribution in [0, 0.1) is 5.82 Å². The topological polar surface area (TPSA) is 50.2 Å². The molecule has 20 heavy (non-hydrogen) atoms. The van der Waals surface area contributed by atoms with Crippen LogP contribution in [0.4, 0.5) is 4.39 Å². The Morgan fingerprint density at radius 1 is 1.25 bits per heavy atom. The Kier molecular flexibility index (Phi) is 4.88. The van der Waals surface area contributed by atoms with E-state index in [1.54, 1.807) is 12.1 Å². The highest BCUT2D eigenvalue weighted by Gasteiger charge is 2.25. The first-order valence-corrected chi connectivity index (χ1v) is 7.34. The Labute approximate surface area is 132 Å². The zero-order valence-electron chi connectivity index (χ0n) is 10.2. The molecule has 1 N–H and O–H groups in total. The zero-order valence-corrected chi connectivity index (χ0v) is 13.4. The summed E-state index contributed by atoms with van der Waals surface area (Å²) in [5, 5.41) is 9.31. The minimum atomic E-state index is -1.10. The molecule has 0 radical (unpaired) electrons. The second kappa shape index (κ2) is 6.45. The van der Waals surface area contributed by atoms with Gasteiger partial charge in [-0.15, -0.1) is 0 Å². The van der Waals surface area contributed by atoms with Crippen LogP contribution in [-0.4, -0.2) is 16.1 Å². The highest BCUT2D eigenvalue weighted by molar-refractivity contribution is 9.10. The molecule has 104 valence electrons. The fraction of sp³-hybridized carbons (Fsp3) is 0.143. The molecule has 0 bridgehead atoms. The molecule has 1 aromatic carbocycles. The van der Waals surface area contributed by atoms with Crippen molar-refractivity contribution in [3.63, 3.8) is 0 Å². The van der Waals surface area contributed by atoms with Gasteiger partial charge in [0.25, 0.3) is 0 Å². The summed E-state index contributed by atoms with van der Waals surface area (Å²) in [6.45, 7) is 0. The van der Waals surface area contributed by atoms with E-state index >= 15 is 0 Å². The van der Waals surface area contributed by atoms with Crippen molar-refractivity contribution in [3.8, 4) is 0 Å². The molecular weight excluding hydrogens is 393 g/mol. The average Bonchev–Trinajstić information content (AvgIpc) is 2.39. The maximum absolute atomic E-state index is 13.9. The smallest absolute Gasteiger partial charge is 0.313 e. The van der Waals surface area contributed by atoms with Crippen LogP contribution < -0.4 is 0 Å². The van der Waals surface area contributed by atoms with Crippen LogP contribution in [0.3, 0.4) is 0 Å². The number of aliphatic carboxylic acids is 1. The van der Waals surface area contributed by atoms with Gasteiger partial charge in [0.1, 0.15) is 11.7 Å². The molecule has 3 nitrogen and oxygen atoms in total. The third-order valence-corrected chi connectivity index (χ3v) is 3.78. The Balaban J connectivity index is 2.31. The standard InChI is InChI=1S/C14H10Br2FNO2/c15-9-3-1-8(2-4-9)5-11(14(19)20)13-12(17)6-10(16)7-18-13/h1-4,6-7,11H,5H2,(H,19,20). The lowest BCUT2D eigenvalue weighted by Gasteiger charge is -2.13. The summed E-state index contributed by atoms with van der Waals surface area (Å²) in [4.78, 5) is 15.3. The van der Waals surface area contributed by atoms with Gasteiger partial charge in [0.05, 0.1) is 5.69 Å². The van der Waals surface area contributed by atoms with E-state index in [1.807, 2.05) is 12.1 Å². The fourth-order valence-electron chi connectivity index (χ4n) is 1.84. The molecule has 2 aromatic rings. The van der Waals surface area contributed by atoms with Crippen molar-refractivity contribution in [2.75, 3.05) is 0 Å². The molecular formula is C14H10Br2FNO2. The summed E-state index contributed by atoms with van der Waals surface area (Å²) in [6, 6.07) is 8.46. The zero-order chi connectivity index (χ0) is 14.7. The molecule has 0 amide bonds. The summed E-state index contributed by atoms with van der Waals surface area (Å²) in [5.74, 6) is -2.73. The minimum Gasteiger partial charge on any atom is -0.481 e. The first kappa shape index (κ1) is 15.1. The van der Waals surface area contributed by atoms with Crippen LogP contribution in [-0.2, 0) is 11.2 Å². The van der Waals surface area contributed by atoms with Crippen molar-refractivity contribution in [2.45, 2.75) is 12.3 Å². The van der Waals surface area contributed by atoms with Crippen molar-refractivity contribution >= 4 is 37.8 Å². The predicted molar refractivity (Wildman–Crippen MR) is 80.1 cm³/mol. The summed E-state index contributed by atoms with van der Waals surface area (Å²) in [6.07, 6.45) is 1.59. The molecule has 1 atom stereocenters. The van der Waals surface area contributed by atoms with Gasteiger partial charge in [-0.2, -0.15) is 0 Å². The maximum Gasteiger partial charge on any atom is 0.313 e. The minimum absolute atomic E-state index is 0.0522. The quantitative estimate of drug-likeness (QED) is 0.835. The van der Waals surface area contributed by atoms with Gasteiger partial charge in [-0.3, -0.25) is 9.78 Å². The summed E-state index contributed by atoms with van der Waals surface area (Å²) in [7, 11) is 0. The van der Waals surface area contributed by atoms with Gasteiger partial charge in [0, 0.05) is 15.1 Å². The van der Waals surface area contributed by atoms with Crippen molar-refractivity contribution in [1.82, 2.24) is 4.98 Å². The fourth-order valence-corrected chi connectivity index (χ4v) is 2.41. The van der Waals surface area contributed by atoms with Crippen molar-refractivity contribution in [2.24, 2.45) is 0 Å². The van der Waals surface area contributed by atoms with Gasteiger partial charge >= 0.3 is 5.97 Å². The average molecular weight is 403 g/mol. The molecule has 0 aliphatic heterocycles. The number of carbonyl (C=O) groups is 1. The van der Waals surface area contributed by atoms with E-state index in [-0.39, 0.29) is 12.1 Å². The molecule has 0 saturated carbocycles. The molecule has 1 aromatic heterocycles. The van der Waals surface area contributed by atoms with E-state index < -0.39 is 17.7 Å². The van der Waals surface area contributed by atoms with E-state index in [9.17, 15) is 14.3 Å². The van der Waals surface area contributed by atoms with Crippen LogP contribution in [0.1, 0.15) is 17.2 Å². The Morgan fingerprint density at radius 3 is 2.45 bits per heavy atom. The molecule has 0 fully saturated rings. The number of aromatic nitrogens is 1. The molecule has 2 rings (SSSR count). The van der Waals surface area contributed by atoms with Gasteiger partial charge in [0.2, 0.25) is 0 Å². The first-order chi connectivity index (χ1) is 9.47. The lowest BCUT2D eigenvalue weighted by molar-refractivity contribution is -0.138. The molecule has 6 heteroatoms. The highest BCUT2D eigenvalue weighted by atomic mass is 79.9. The van der Waals surface area contributed by atoms with Crippen molar-refractivity contribution < 1.29 is 14.3 Å². The first-order valence-electron chi connectivity index (χ1n) is 5.75. The van der Waals surface area contributed by atoms with Crippen LogP contribution in [0.15, 0.2) is 45.5 Å². The van der Waals surface area contributed by atoms with Gasteiger partial charge in [-0.05, 0) is 46.1 Å². The molecule has 1 heterocycles. The maximum atomic E-state index is 13.9. The van der Waals surface area contributed by atoms with Crippen LogP contribution in [0.2, 0.25) is 0 Å². The van der Waals surface area contributed by atoms with E-state index in [2.05, 4.69) is 36.8 Å². The van der Waals surface area contributed by atoms with E-state index in [0.29, 0.717) is 4.47 Å². The number of halogens is 3. The molecule has 0 saturated heterocycles. The summed E-state index contributed by atoms with van der Waals surface area (Å²) < 4.78 is 15.2. The lowest BCUT2D eigenvalue weighted by atomic mass is 9.95. The monoisotopic (exact) mass is 401 g/mol. The molecule has 0 aliphatic carbocycles. The van der Waals surface area contributed by atoms with Gasteiger partial charge in [0.15, 0.2) is 0 Å². The normalized spacial score (nSPS) is 12.2. The Morgan fingerprint density at radius 2 is 1.90 bits per heavy atom. The van der Waals surface area contributed by atoms with Gasteiger partial charge in [-0.1, -0.05) is 28.1 Å². The molecule has 1 unspecified atom stereocenters. The summed E-state index contributed by atoms with van der Waals surface area (Å²) >= 11 is 6.41.